The molecule has 1 amide bonds. The first kappa shape index (κ1) is 16.4. The topological polar surface area (TPSA) is 36.4 Å². The zero-order valence-electron chi connectivity index (χ0n) is 14.7. The van der Waals surface area contributed by atoms with Crippen LogP contribution in [-0.4, -0.2) is 45.9 Å². The minimum Gasteiger partial charge on any atom is -0.336 e. The number of likely N-dealkylation sites (tertiary alicyclic amines) is 2. The van der Waals surface area contributed by atoms with Gasteiger partial charge in [0, 0.05) is 31.2 Å². The maximum atomic E-state index is 12.6. The van der Waals surface area contributed by atoms with Gasteiger partial charge in [0.05, 0.1) is 11.2 Å². The number of pyridine rings is 1. The maximum Gasteiger partial charge on any atom is 0.225 e. The van der Waals surface area contributed by atoms with E-state index in [1.165, 1.54) is 6.42 Å². The smallest absolute Gasteiger partial charge is 0.225 e. The minimum absolute atomic E-state index is 0.0728. The quantitative estimate of drug-likeness (QED) is 0.860. The number of aryl methyl sites for hydroxylation is 1. The molecule has 3 heterocycles. The van der Waals surface area contributed by atoms with E-state index in [1.807, 2.05) is 26.8 Å². The Balaban J connectivity index is 1.73. The van der Waals surface area contributed by atoms with Crippen LogP contribution in [0.15, 0.2) is 18.2 Å². The van der Waals surface area contributed by atoms with E-state index in [0.717, 1.165) is 56.8 Å². The highest BCUT2D eigenvalue weighted by molar-refractivity contribution is 5.79. The molecule has 2 saturated heterocycles. The summed E-state index contributed by atoms with van der Waals surface area (Å²) < 4.78 is 0. The van der Waals surface area contributed by atoms with Gasteiger partial charge in [-0.15, -0.1) is 0 Å². The van der Waals surface area contributed by atoms with Crippen molar-refractivity contribution >= 4 is 5.91 Å². The molecule has 3 rings (SSSR count). The molecule has 0 aromatic carbocycles. The molecule has 1 spiro atoms. The number of carbonyl (C=O) groups excluding carboxylic acids is 1. The molecule has 0 radical (unpaired) electrons. The van der Waals surface area contributed by atoms with Crippen LogP contribution in [0.1, 0.15) is 50.9 Å². The van der Waals surface area contributed by atoms with Crippen molar-refractivity contribution < 1.29 is 4.79 Å². The lowest BCUT2D eigenvalue weighted by molar-refractivity contribution is -0.140. The summed E-state index contributed by atoms with van der Waals surface area (Å²) in [6.07, 6.45) is 4.63. The summed E-state index contributed by atoms with van der Waals surface area (Å²) in [5, 5.41) is 0. The van der Waals surface area contributed by atoms with Gasteiger partial charge < -0.3 is 4.90 Å². The van der Waals surface area contributed by atoms with Gasteiger partial charge in [-0.2, -0.15) is 0 Å². The van der Waals surface area contributed by atoms with Gasteiger partial charge >= 0.3 is 0 Å². The predicted octanol–water partition coefficient (Wildman–Crippen LogP) is 3.00. The molecule has 2 fully saturated rings. The Morgan fingerprint density at radius 3 is 2.70 bits per heavy atom. The third-order valence-electron chi connectivity index (χ3n) is 5.32. The highest BCUT2D eigenvalue weighted by atomic mass is 16.2. The van der Waals surface area contributed by atoms with Gasteiger partial charge in [0.15, 0.2) is 0 Å². The third-order valence-corrected chi connectivity index (χ3v) is 5.32. The zero-order valence-corrected chi connectivity index (χ0v) is 14.7. The Labute approximate surface area is 139 Å². The number of carbonyl (C=O) groups is 1. The van der Waals surface area contributed by atoms with Gasteiger partial charge in [0.2, 0.25) is 5.91 Å². The van der Waals surface area contributed by atoms with E-state index in [0.29, 0.717) is 5.91 Å². The summed E-state index contributed by atoms with van der Waals surface area (Å²) in [5.74, 6) is 0.428. The van der Waals surface area contributed by atoms with Crippen LogP contribution in [0, 0.1) is 12.8 Å². The van der Waals surface area contributed by atoms with Gasteiger partial charge in [0.1, 0.15) is 0 Å². The van der Waals surface area contributed by atoms with Crippen molar-refractivity contribution in [2.45, 2.75) is 58.5 Å². The fourth-order valence-electron chi connectivity index (χ4n) is 4.28. The Morgan fingerprint density at radius 1 is 1.26 bits per heavy atom. The van der Waals surface area contributed by atoms with Crippen LogP contribution in [0.3, 0.4) is 0 Å². The van der Waals surface area contributed by atoms with Crippen LogP contribution < -0.4 is 0 Å². The van der Waals surface area contributed by atoms with Crippen molar-refractivity contribution in [1.82, 2.24) is 14.8 Å². The van der Waals surface area contributed by atoms with Crippen molar-refractivity contribution in [1.29, 1.82) is 0 Å². The van der Waals surface area contributed by atoms with Crippen LogP contribution in [0.4, 0.5) is 0 Å². The number of hydrogen-bond donors (Lipinski definition) is 0. The highest BCUT2D eigenvalue weighted by Crippen LogP contribution is 2.38. The van der Waals surface area contributed by atoms with Gasteiger partial charge in [-0.25, -0.2) is 0 Å². The van der Waals surface area contributed by atoms with E-state index in [2.05, 4.69) is 26.9 Å². The molecule has 1 atom stereocenters. The molecule has 23 heavy (non-hydrogen) atoms. The Kier molecular flexibility index (Phi) is 4.72. The third kappa shape index (κ3) is 3.42. The molecular weight excluding hydrogens is 286 g/mol. The lowest BCUT2D eigenvalue weighted by Gasteiger charge is -2.46. The molecular formula is C19H29N3O. The van der Waals surface area contributed by atoms with E-state index in [9.17, 15) is 4.79 Å². The summed E-state index contributed by atoms with van der Waals surface area (Å²) in [7, 11) is 0. The minimum atomic E-state index is 0.0728. The highest BCUT2D eigenvalue weighted by Gasteiger charge is 2.46. The Hall–Kier alpha value is -1.42. The molecule has 1 aromatic heterocycles. The SMILES string of the molecule is Cc1cccc(CN2CCCC3(CCCN3C(=O)C(C)C)C2)n1. The summed E-state index contributed by atoms with van der Waals surface area (Å²) in [6.45, 7) is 10.0. The molecule has 2 aliphatic rings. The molecule has 0 N–H and O–H groups in total. The van der Waals surface area contributed by atoms with E-state index in [1.54, 1.807) is 0 Å². The lowest BCUT2D eigenvalue weighted by Crippen LogP contribution is -2.57. The number of amides is 1. The van der Waals surface area contributed by atoms with Crippen LogP contribution in [0.5, 0.6) is 0 Å². The van der Waals surface area contributed by atoms with Gasteiger partial charge in [0.25, 0.3) is 0 Å². The van der Waals surface area contributed by atoms with Crippen LogP contribution in [-0.2, 0) is 11.3 Å². The standard InChI is InChI=1S/C19H29N3O/c1-15(2)18(23)22-12-6-10-19(22)9-5-11-21(14-19)13-17-8-4-7-16(3)20-17/h4,7-8,15H,5-6,9-14H2,1-3H3. The van der Waals surface area contributed by atoms with Crippen molar-refractivity contribution in [2.24, 2.45) is 5.92 Å². The van der Waals surface area contributed by atoms with Crippen molar-refractivity contribution in [3.63, 3.8) is 0 Å². The summed E-state index contributed by atoms with van der Waals surface area (Å²) in [4.78, 5) is 22.0. The lowest BCUT2D eigenvalue weighted by atomic mass is 9.85. The first-order valence-electron chi connectivity index (χ1n) is 8.97. The van der Waals surface area contributed by atoms with E-state index >= 15 is 0 Å². The second-order valence-corrected chi connectivity index (χ2v) is 7.56. The number of hydrogen-bond acceptors (Lipinski definition) is 3. The molecule has 2 aliphatic heterocycles. The number of piperidine rings is 1. The van der Waals surface area contributed by atoms with E-state index < -0.39 is 0 Å². The maximum absolute atomic E-state index is 12.6. The molecule has 1 aromatic rings. The molecule has 0 bridgehead atoms. The summed E-state index contributed by atoms with van der Waals surface area (Å²) >= 11 is 0. The summed E-state index contributed by atoms with van der Waals surface area (Å²) in [5.41, 5.74) is 2.29. The fraction of sp³-hybridized carbons (Fsp3) is 0.684. The van der Waals surface area contributed by atoms with Gasteiger partial charge in [-0.3, -0.25) is 14.7 Å². The molecule has 126 valence electrons. The van der Waals surface area contributed by atoms with Crippen molar-refractivity contribution in [3.8, 4) is 0 Å². The molecule has 4 nitrogen and oxygen atoms in total. The number of rotatable bonds is 3. The molecule has 0 saturated carbocycles. The van der Waals surface area contributed by atoms with E-state index in [4.69, 9.17) is 0 Å². The second kappa shape index (κ2) is 6.60. The largest absolute Gasteiger partial charge is 0.336 e. The Bertz CT molecular complexity index is 571. The van der Waals surface area contributed by atoms with E-state index in [-0.39, 0.29) is 11.5 Å². The molecule has 1 unspecified atom stereocenters. The zero-order chi connectivity index (χ0) is 16.4. The van der Waals surface area contributed by atoms with Crippen molar-refractivity contribution in [3.05, 3.63) is 29.6 Å². The molecule has 0 aliphatic carbocycles. The van der Waals surface area contributed by atoms with Gasteiger partial charge in [-0.05, 0) is 51.3 Å². The van der Waals surface area contributed by atoms with Crippen molar-refractivity contribution in [2.75, 3.05) is 19.6 Å². The second-order valence-electron chi connectivity index (χ2n) is 7.56. The van der Waals surface area contributed by atoms with Crippen LogP contribution >= 0.6 is 0 Å². The molecule has 4 heteroatoms. The predicted molar refractivity (Wildman–Crippen MR) is 92.0 cm³/mol. The summed E-state index contributed by atoms with van der Waals surface area (Å²) in [6, 6.07) is 6.24. The first-order chi connectivity index (χ1) is 11.0. The first-order valence-corrected chi connectivity index (χ1v) is 8.97. The number of nitrogens with zero attached hydrogens (tertiary/aromatic N) is 3. The fourth-order valence-corrected chi connectivity index (χ4v) is 4.28. The van der Waals surface area contributed by atoms with Crippen LogP contribution in [0.25, 0.3) is 0 Å². The van der Waals surface area contributed by atoms with Crippen LogP contribution in [0.2, 0.25) is 0 Å². The number of aromatic nitrogens is 1. The Morgan fingerprint density at radius 2 is 2.00 bits per heavy atom. The average molecular weight is 315 g/mol. The monoisotopic (exact) mass is 315 g/mol. The average Bonchev–Trinajstić information content (AvgIpc) is 2.89. The van der Waals surface area contributed by atoms with Gasteiger partial charge in [-0.1, -0.05) is 19.9 Å². The normalized spacial score (nSPS) is 25.5.